The minimum atomic E-state index is -3.23. The third-order valence-corrected chi connectivity index (χ3v) is 5.85. The first-order chi connectivity index (χ1) is 11.5. The van der Waals surface area contributed by atoms with Crippen LogP contribution in [0.1, 0.15) is 0 Å². The summed E-state index contributed by atoms with van der Waals surface area (Å²) in [5.74, 6) is 0. The fourth-order valence-electron chi connectivity index (χ4n) is 2.52. The van der Waals surface area contributed by atoms with Gasteiger partial charge in [-0.25, -0.2) is 8.42 Å². The maximum absolute atomic E-state index is 11.7. The van der Waals surface area contributed by atoms with Crippen molar-refractivity contribution in [2.24, 2.45) is 0 Å². The van der Waals surface area contributed by atoms with Crippen LogP contribution in [0.15, 0.2) is 59.5 Å². The summed E-state index contributed by atoms with van der Waals surface area (Å²) in [7, 11) is -3.23. The van der Waals surface area contributed by atoms with E-state index >= 15 is 0 Å². The molecular weight excluding hydrogens is 344 g/mol. The number of benzene rings is 2. The molecule has 0 atom stereocenters. The Labute approximate surface area is 142 Å². The van der Waals surface area contributed by atoms with Gasteiger partial charge in [-0.2, -0.15) is 4.52 Å². The maximum atomic E-state index is 11.7. The Hall–Kier alpha value is -2.58. The van der Waals surface area contributed by atoms with Gasteiger partial charge in [0.15, 0.2) is 9.84 Å². The fourth-order valence-corrected chi connectivity index (χ4v) is 4.18. The normalized spacial score (nSPS) is 11.9. The van der Waals surface area contributed by atoms with E-state index in [9.17, 15) is 8.42 Å². The van der Waals surface area contributed by atoms with E-state index in [4.69, 9.17) is 0 Å². The Morgan fingerprint density at radius 3 is 2.33 bits per heavy atom. The molecule has 2 heterocycles. The van der Waals surface area contributed by atoms with Gasteiger partial charge in [-0.15, -0.1) is 0 Å². The molecule has 2 aromatic carbocycles. The number of nitrogens with zero attached hydrogens (tertiary/aromatic N) is 4. The molecule has 120 valence electrons. The van der Waals surface area contributed by atoms with Crippen molar-refractivity contribution in [3.8, 4) is 21.7 Å². The SMILES string of the molecule is CS(=O)(=O)c1ccc(-c2c(-c3ccccc3)sc3nnnn23)cc1. The minimum Gasteiger partial charge on any atom is -0.224 e. The van der Waals surface area contributed by atoms with Crippen LogP contribution in [-0.4, -0.2) is 34.7 Å². The van der Waals surface area contributed by atoms with Crippen LogP contribution in [0, 0.1) is 0 Å². The van der Waals surface area contributed by atoms with E-state index in [1.807, 2.05) is 30.3 Å². The average molecular weight is 356 g/mol. The van der Waals surface area contributed by atoms with Crippen molar-refractivity contribution in [1.82, 2.24) is 20.0 Å². The number of fused-ring (bicyclic) bond motifs is 1. The van der Waals surface area contributed by atoms with Crippen molar-refractivity contribution in [3.05, 3.63) is 54.6 Å². The monoisotopic (exact) mass is 356 g/mol. The van der Waals surface area contributed by atoms with Crippen LogP contribution < -0.4 is 0 Å². The van der Waals surface area contributed by atoms with Gasteiger partial charge in [-0.3, -0.25) is 0 Å². The van der Waals surface area contributed by atoms with E-state index in [2.05, 4.69) is 15.5 Å². The highest BCUT2D eigenvalue weighted by Crippen LogP contribution is 2.38. The van der Waals surface area contributed by atoms with E-state index in [0.717, 1.165) is 21.7 Å². The van der Waals surface area contributed by atoms with Crippen LogP contribution in [0.25, 0.3) is 26.7 Å². The number of hydrogen-bond acceptors (Lipinski definition) is 6. The summed E-state index contributed by atoms with van der Waals surface area (Å²) in [4.78, 5) is 1.99. The van der Waals surface area contributed by atoms with E-state index < -0.39 is 9.84 Å². The number of aromatic nitrogens is 4. The van der Waals surface area contributed by atoms with Crippen molar-refractivity contribution < 1.29 is 8.42 Å². The molecule has 0 unspecified atom stereocenters. The molecule has 0 aliphatic heterocycles. The number of thiazole rings is 1. The lowest BCUT2D eigenvalue weighted by Crippen LogP contribution is -1.97. The van der Waals surface area contributed by atoms with Crippen molar-refractivity contribution in [3.63, 3.8) is 0 Å². The van der Waals surface area contributed by atoms with Crippen LogP contribution >= 0.6 is 11.3 Å². The first kappa shape index (κ1) is 15.0. The Balaban J connectivity index is 1.94. The summed E-state index contributed by atoms with van der Waals surface area (Å²) in [5, 5.41) is 11.8. The topological polar surface area (TPSA) is 77.2 Å². The summed E-state index contributed by atoms with van der Waals surface area (Å²) in [5.41, 5.74) is 2.77. The number of sulfone groups is 1. The first-order valence-corrected chi connectivity index (χ1v) is 9.81. The smallest absolute Gasteiger partial charge is 0.224 e. The van der Waals surface area contributed by atoms with E-state index in [1.165, 1.54) is 17.6 Å². The zero-order valence-corrected chi connectivity index (χ0v) is 14.3. The molecule has 0 fully saturated rings. The van der Waals surface area contributed by atoms with E-state index in [0.29, 0.717) is 4.96 Å². The summed E-state index contributed by atoms with van der Waals surface area (Å²) < 4.78 is 25.0. The van der Waals surface area contributed by atoms with Gasteiger partial charge in [0, 0.05) is 11.8 Å². The Bertz CT molecular complexity index is 1110. The van der Waals surface area contributed by atoms with Gasteiger partial charge >= 0.3 is 0 Å². The highest BCUT2D eigenvalue weighted by Gasteiger charge is 2.18. The zero-order valence-electron chi connectivity index (χ0n) is 12.6. The molecule has 0 saturated carbocycles. The van der Waals surface area contributed by atoms with E-state index in [-0.39, 0.29) is 4.90 Å². The van der Waals surface area contributed by atoms with Crippen LogP contribution in [0.2, 0.25) is 0 Å². The van der Waals surface area contributed by atoms with Crippen LogP contribution in [0.4, 0.5) is 0 Å². The molecule has 6 nitrogen and oxygen atoms in total. The zero-order chi connectivity index (χ0) is 16.7. The summed E-state index contributed by atoms with van der Waals surface area (Å²) >= 11 is 1.50. The predicted molar refractivity (Wildman–Crippen MR) is 92.6 cm³/mol. The number of tetrazole rings is 1. The van der Waals surface area contributed by atoms with Crippen molar-refractivity contribution in [2.45, 2.75) is 4.90 Å². The molecule has 0 bridgehead atoms. The van der Waals surface area contributed by atoms with Crippen LogP contribution in [0.3, 0.4) is 0 Å². The van der Waals surface area contributed by atoms with Gasteiger partial charge in [-0.1, -0.05) is 58.9 Å². The van der Waals surface area contributed by atoms with Gasteiger partial charge in [0.05, 0.1) is 15.5 Å². The molecule has 0 aliphatic carbocycles. The molecule has 0 saturated heterocycles. The number of hydrogen-bond donors (Lipinski definition) is 0. The lowest BCUT2D eigenvalue weighted by atomic mass is 10.1. The predicted octanol–water partition coefficient (Wildman–Crippen LogP) is 2.92. The van der Waals surface area contributed by atoms with Gasteiger partial charge in [0.2, 0.25) is 4.96 Å². The van der Waals surface area contributed by atoms with Gasteiger partial charge in [-0.05, 0) is 28.1 Å². The molecule has 8 heteroatoms. The third kappa shape index (κ3) is 2.49. The second-order valence-electron chi connectivity index (χ2n) is 5.32. The maximum Gasteiger partial charge on any atom is 0.235 e. The van der Waals surface area contributed by atoms with Crippen LogP contribution in [-0.2, 0) is 9.84 Å². The summed E-state index contributed by atoms with van der Waals surface area (Å²) in [6, 6.07) is 16.7. The number of rotatable bonds is 3. The molecule has 0 radical (unpaired) electrons. The quantitative estimate of drug-likeness (QED) is 0.564. The molecule has 4 aromatic rings. The largest absolute Gasteiger partial charge is 0.235 e. The van der Waals surface area contributed by atoms with Gasteiger partial charge in [0.25, 0.3) is 0 Å². The highest BCUT2D eigenvalue weighted by atomic mass is 32.2. The second kappa shape index (κ2) is 5.50. The van der Waals surface area contributed by atoms with Crippen LogP contribution in [0.5, 0.6) is 0 Å². The highest BCUT2D eigenvalue weighted by molar-refractivity contribution is 7.90. The first-order valence-electron chi connectivity index (χ1n) is 7.11. The molecule has 24 heavy (non-hydrogen) atoms. The van der Waals surface area contributed by atoms with Crippen molar-refractivity contribution in [1.29, 1.82) is 0 Å². The Kier molecular flexibility index (Phi) is 3.43. The van der Waals surface area contributed by atoms with E-state index in [1.54, 1.807) is 28.8 Å². The summed E-state index contributed by atoms with van der Waals surface area (Å²) in [6.45, 7) is 0. The second-order valence-corrected chi connectivity index (χ2v) is 8.31. The average Bonchev–Trinajstić information content (AvgIpc) is 3.15. The third-order valence-electron chi connectivity index (χ3n) is 3.65. The molecule has 0 aliphatic rings. The standard InChI is InChI=1S/C16H12N4O2S2/c1-24(21,22)13-9-7-11(8-10-13)14-15(12-5-3-2-4-6-12)23-16-17-18-19-20(14)16/h2-10H,1H3. The van der Waals surface area contributed by atoms with Crippen molar-refractivity contribution >= 4 is 26.1 Å². The van der Waals surface area contributed by atoms with Crippen molar-refractivity contribution in [2.75, 3.05) is 6.26 Å². The molecule has 4 rings (SSSR count). The molecule has 2 aromatic heterocycles. The Morgan fingerprint density at radius 1 is 0.958 bits per heavy atom. The van der Waals surface area contributed by atoms with Gasteiger partial charge in [0.1, 0.15) is 0 Å². The molecule has 0 N–H and O–H groups in total. The molecule has 0 amide bonds. The van der Waals surface area contributed by atoms with Gasteiger partial charge < -0.3 is 0 Å². The minimum absolute atomic E-state index is 0.288. The Morgan fingerprint density at radius 2 is 1.67 bits per heavy atom. The molecule has 0 spiro atoms. The lowest BCUT2D eigenvalue weighted by Gasteiger charge is -2.05. The summed E-state index contributed by atoms with van der Waals surface area (Å²) in [6.07, 6.45) is 1.20. The fraction of sp³-hybridized carbons (Fsp3) is 0.0625. The molecular formula is C16H12N4O2S2. The lowest BCUT2D eigenvalue weighted by molar-refractivity contribution is 0.602.